The van der Waals surface area contributed by atoms with E-state index in [1.165, 1.54) is 360 Å². The average molecular weight is 1400 g/mol. The second-order valence-electron chi connectivity index (χ2n) is 30.9. The van der Waals surface area contributed by atoms with Gasteiger partial charge in [-0.3, -0.25) is 18.6 Å². The molecular weight excluding hydrogens is 1230 g/mol. The summed E-state index contributed by atoms with van der Waals surface area (Å²) in [4.78, 5) is 36.0. The summed E-state index contributed by atoms with van der Waals surface area (Å²) in [5.74, 6) is -0.769. The van der Waals surface area contributed by atoms with E-state index in [9.17, 15) is 19.0 Å². The van der Waals surface area contributed by atoms with Crippen LogP contribution in [-0.4, -0.2) is 74.9 Å². The van der Waals surface area contributed by atoms with Gasteiger partial charge in [0.25, 0.3) is 0 Å². The Morgan fingerprint density at radius 2 is 0.582 bits per heavy atom. The van der Waals surface area contributed by atoms with Gasteiger partial charge in [0, 0.05) is 12.8 Å². The van der Waals surface area contributed by atoms with Gasteiger partial charge in [-0.05, 0) is 51.4 Å². The van der Waals surface area contributed by atoms with Gasteiger partial charge >= 0.3 is 19.8 Å². The van der Waals surface area contributed by atoms with Crippen molar-refractivity contribution in [2.75, 3.05) is 47.5 Å². The van der Waals surface area contributed by atoms with Crippen LogP contribution in [0.4, 0.5) is 0 Å². The van der Waals surface area contributed by atoms with Crippen molar-refractivity contribution in [3.63, 3.8) is 0 Å². The van der Waals surface area contributed by atoms with E-state index in [1.807, 2.05) is 21.1 Å². The monoisotopic (exact) mass is 1400 g/mol. The zero-order valence-electron chi connectivity index (χ0n) is 66.3. The largest absolute Gasteiger partial charge is 0.472 e. The smallest absolute Gasteiger partial charge is 0.462 e. The van der Waals surface area contributed by atoms with Crippen LogP contribution in [0.15, 0.2) is 48.6 Å². The maximum Gasteiger partial charge on any atom is 0.472 e. The molecule has 0 bridgehead atoms. The standard InChI is InChI=1S/C88H168NO8P/c1-6-8-10-12-14-16-18-20-22-24-26-28-30-32-34-36-38-40-42-44-46-48-50-52-54-56-58-60-62-64-66-68-70-72-74-76-78-80-87(90)94-84-86(85-96-98(92,93)95-83-82-89(3,4)5)97-88(91)81-79-77-75-73-71-69-67-65-63-61-59-57-55-53-51-49-47-45-43-41-39-37-35-33-31-29-27-25-23-21-19-17-15-13-11-9-7-2/h9,11,15,17,21,23,27,29,86H,6-8,10,12-14,16,18-20,22,24-26,28,30-85H2,1-5H3/p+1/b11-9-,17-15-,23-21-,29-27-. The molecule has 10 heteroatoms. The molecule has 0 amide bonds. The maximum atomic E-state index is 12.9. The molecule has 0 aliphatic heterocycles. The lowest BCUT2D eigenvalue weighted by Crippen LogP contribution is -2.37. The number of allylic oxidation sites excluding steroid dienone is 8. The SMILES string of the molecule is CC/C=C\C/C=C\C/C=C\C/C=C\CCCCCCCCCCCCCCCCCCCCCCCCCCC(=O)OC(COC(=O)CCCCCCCCCCCCCCCCCCCCCCCCCCCCCCCCCCCCCCC)COP(=O)(O)OCC[N+](C)(C)C. The van der Waals surface area contributed by atoms with Crippen LogP contribution in [0.25, 0.3) is 0 Å². The summed E-state index contributed by atoms with van der Waals surface area (Å²) in [5.41, 5.74) is 0. The van der Waals surface area contributed by atoms with Gasteiger partial charge in [0.15, 0.2) is 6.10 Å². The Morgan fingerprint density at radius 1 is 0.327 bits per heavy atom. The van der Waals surface area contributed by atoms with Gasteiger partial charge < -0.3 is 18.9 Å². The molecule has 98 heavy (non-hydrogen) atoms. The van der Waals surface area contributed by atoms with Gasteiger partial charge in [-0.25, -0.2) is 4.57 Å². The van der Waals surface area contributed by atoms with Gasteiger partial charge in [0.1, 0.15) is 19.8 Å². The van der Waals surface area contributed by atoms with E-state index in [1.54, 1.807) is 0 Å². The predicted molar refractivity (Wildman–Crippen MR) is 427 cm³/mol. The zero-order chi connectivity index (χ0) is 71.1. The fourth-order valence-electron chi connectivity index (χ4n) is 13.3. The Kier molecular flexibility index (Phi) is 77.5. The first-order valence-electron chi connectivity index (χ1n) is 43.4. The number of carbonyl (C=O) groups is 2. The van der Waals surface area contributed by atoms with E-state index >= 15 is 0 Å². The predicted octanol–water partition coefficient (Wildman–Crippen LogP) is 29.1. The van der Waals surface area contributed by atoms with Gasteiger partial charge in [0.2, 0.25) is 0 Å². The first-order valence-corrected chi connectivity index (χ1v) is 44.9. The Labute approximate surface area is 611 Å². The highest BCUT2D eigenvalue weighted by atomic mass is 31.2. The van der Waals surface area contributed by atoms with Crippen molar-refractivity contribution in [3.05, 3.63) is 48.6 Å². The highest BCUT2D eigenvalue weighted by Gasteiger charge is 2.27. The lowest BCUT2D eigenvalue weighted by Gasteiger charge is -2.24. The number of carbonyl (C=O) groups excluding carboxylic acids is 2. The van der Waals surface area contributed by atoms with Crippen LogP contribution in [0.3, 0.4) is 0 Å². The van der Waals surface area contributed by atoms with Crippen molar-refractivity contribution < 1.29 is 42.1 Å². The molecule has 1 N–H and O–H groups in total. The summed E-state index contributed by atoms with van der Waals surface area (Å²) >= 11 is 0. The van der Waals surface area contributed by atoms with Gasteiger partial charge in [0.05, 0.1) is 27.7 Å². The lowest BCUT2D eigenvalue weighted by atomic mass is 10.0. The highest BCUT2D eigenvalue weighted by Crippen LogP contribution is 2.43. The number of hydrogen-bond acceptors (Lipinski definition) is 7. The Balaban J connectivity index is 3.85. The van der Waals surface area contributed by atoms with Gasteiger partial charge in [-0.15, -0.1) is 0 Å². The molecule has 2 unspecified atom stereocenters. The molecule has 0 aromatic carbocycles. The first-order chi connectivity index (χ1) is 48.0. The molecule has 0 spiro atoms. The molecule has 0 aliphatic rings. The highest BCUT2D eigenvalue weighted by molar-refractivity contribution is 7.47. The van der Waals surface area contributed by atoms with Crippen LogP contribution in [0.5, 0.6) is 0 Å². The van der Waals surface area contributed by atoms with Gasteiger partial charge in [-0.2, -0.15) is 0 Å². The molecule has 2 atom stereocenters. The summed E-state index contributed by atoms with van der Waals surface area (Å²) in [6.45, 7) is 4.41. The number of phosphoric acid groups is 1. The fourth-order valence-corrected chi connectivity index (χ4v) is 14.1. The van der Waals surface area contributed by atoms with E-state index < -0.39 is 26.5 Å². The average Bonchev–Trinajstić information content (AvgIpc) is 1.08. The third kappa shape index (κ3) is 82.9. The molecule has 578 valence electrons. The lowest BCUT2D eigenvalue weighted by molar-refractivity contribution is -0.870. The molecule has 0 saturated carbocycles. The van der Waals surface area contributed by atoms with E-state index in [0.29, 0.717) is 23.9 Å². The number of phosphoric ester groups is 1. The second kappa shape index (κ2) is 79.1. The van der Waals surface area contributed by atoms with Crippen molar-refractivity contribution in [2.45, 2.75) is 457 Å². The molecule has 0 saturated heterocycles. The molecule has 0 fully saturated rings. The van der Waals surface area contributed by atoms with Crippen LogP contribution in [-0.2, 0) is 32.7 Å². The molecule has 0 rings (SSSR count). The summed E-state index contributed by atoms with van der Waals surface area (Å²) in [6, 6.07) is 0. The van der Waals surface area contributed by atoms with Crippen LogP contribution < -0.4 is 0 Å². The Hall–Kier alpha value is -2.03. The van der Waals surface area contributed by atoms with E-state index in [4.69, 9.17) is 18.5 Å². The van der Waals surface area contributed by atoms with Crippen LogP contribution >= 0.6 is 7.82 Å². The van der Waals surface area contributed by atoms with Crippen molar-refractivity contribution in [3.8, 4) is 0 Å². The molecule has 9 nitrogen and oxygen atoms in total. The maximum absolute atomic E-state index is 12.9. The quantitative estimate of drug-likeness (QED) is 0.0211. The molecule has 0 radical (unpaired) electrons. The molecular formula is C88H169NO8P+. The molecule has 0 aromatic rings. The van der Waals surface area contributed by atoms with Crippen molar-refractivity contribution in [1.82, 2.24) is 0 Å². The second-order valence-corrected chi connectivity index (χ2v) is 32.4. The normalized spacial score (nSPS) is 13.2. The zero-order valence-corrected chi connectivity index (χ0v) is 67.2. The Bertz CT molecular complexity index is 1790. The first kappa shape index (κ1) is 96.0. The van der Waals surface area contributed by atoms with E-state index in [0.717, 1.165) is 57.8 Å². The third-order valence-corrected chi connectivity index (χ3v) is 20.9. The number of nitrogens with zero attached hydrogens (tertiary/aromatic N) is 1. The number of esters is 2. The summed E-state index contributed by atoms with van der Waals surface area (Å²) in [5, 5.41) is 0. The summed E-state index contributed by atoms with van der Waals surface area (Å²) in [6.07, 6.45) is 106. The summed E-state index contributed by atoms with van der Waals surface area (Å²) < 4.78 is 34.9. The minimum Gasteiger partial charge on any atom is -0.462 e. The van der Waals surface area contributed by atoms with E-state index in [2.05, 4.69) is 62.5 Å². The molecule has 0 aromatic heterocycles. The number of ether oxygens (including phenoxy) is 2. The number of likely N-dealkylation sites (N-methyl/N-ethyl adjacent to an activating group) is 1. The third-order valence-electron chi connectivity index (χ3n) is 19.9. The minimum atomic E-state index is -4.39. The number of hydrogen-bond donors (Lipinski definition) is 1. The minimum absolute atomic E-state index is 0.0354. The van der Waals surface area contributed by atoms with Crippen LogP contribution in [0.1, 0.15) is 450 Å². The van der Waals surface area contributed by atoms with Crippen molar-refractivity contribution in [2.24, 2.45) is 0 Å². The van der Waals surface area contributed by atoms with Crippen LogP contribution in [0, 0.1) is 0 Å². The van der Waals surface area contributed by atoms with Crippen molar-refractivity contribution in [1.29, 1.82) is 0 Å². The molecule has 0 aliphatic carbocycles. The fraction of sp³-hybridized carbons (Fsp3) is 0.886. The number of quaternary nitrogens is 1. The van der Waals surface area contributed by atoms with E-state index in [-0.39, 0.29) is 25.6 Å². The van der Waals surface area contributed by atoms with Crippen molar-refractivity contribution >= 4 is 19.8 Å². The molecule has 0 heterocycles. The number of rotatable bonds is 82. The summed E-state index contributed by atoms with van der Waals surface area (Å²) in [7, 11) is 1.50. The van der Waals surface area contributed by atoms with Crippen LogP contribution in [0.2, 0.25) is 0 Å². The Morgan fingerprint density at radius 3 is 0.867 bits per heavy atom. The van der Waals surface area contributed by atoms with Gasteiger partial charge in [-0.1, -0.05) is 435 Å². The number of unbranched alkanes of at least 4 members (excludes halogenated alkanes) is 60. The topological polar surface area (TPSA) is 108 Å².